The third kappa shape index (κ3) is 4.76. The zero-order chi connectivity index (χ0) is 22.5. The van der Waals surface area contributed by atoms with Crippen LogP contribution in [0.4, 0.5) is 0 Å². The zero-order valence-electron chi connectivity index (χ0n) is 18.3. The van der Waals surface area contributed by atoms with Crippen molar-refractivity contribution >= 4 is 15.9 Å². The van der Waals surface area contributed by atoms with Crippen molar-refractivity contribution in [1.29, 1.82) is 0 Å². The molecule has 1 aliphatic heterocycles. The first-order valence-corrected chi connectivity index (χ1v) is 11.9. The van der Waals surface area contributed by atoms with Crippen molar-refractivity contribution in [3.8, 4) is 5.75 Å². The average molecular weight is 446 g/mol. The van der Waals surface area contributed by atoms with Crippen LogP contribution >= 0.6 is 0 Å². The molecule has 0 spiro atoms. The van der Waals surface area contributed by atoms with Crippen molar-refractivity contribution in [2.75, 3.05) is 34.3 Å². The molecule has 0 aromatic heterocycles. The second-order valence-corrected chi connectivity index (χ2v) is 10.2. The molecule has 2 unspecified atom stereocenters. The van der Waals surface area contributed by atoms with E-state index in [0.717, 1.165) is 18.5 Å². The number of hydrogen-bond acceptors (Lipinski definition) is 5. The zero-order valence-corrected chi connectivity index (χ0v) is 19.1. The Hall–Kier alpha value is -2.42. The molecule has 1 amide bonds. The number of hydrogen-bond donors (Lipinski definition) is 2. The predicted octanol–water partition coefficient (Wildman–Crippen LogP) is 2.35. The first kappa shape index (κ1) is 23.2. The van der Waals surface area contributed by atoms with E-state index in [4.69, 9.17) is 4.74 Å². The van der Waals surface area contributed by atoms with Crippen LogP contribution in [0.1, 0.15) is 35.2 Å². The number of nitrogens with zero attached hydrogens (tertiary/aromatic N) is 1. The summed E-state index contributed by atoms with van der Waals surface area (Å²) in [4.78, 5) is 13.3. The number of carbonyl (C=O) groups excluding carboxylic acids is 1. The lowest BCUT2D eigenvalue weighted by molar-refractivity contribution is 0.0925. The highest BCUT2D eigenvalue weighted by Gasteiger charge is 2.49. The van der Waals surface area contributed by atoms with Crippen LogP contribution in [0.5, 0.6) is 5.75 Å². The van der Waals surface area contributed by atoms with Gasteiger partial charge in [-0.05, 0) is 50.0 Å². The second kappa shape index (κ2) is 9.80. The van der Waals surface area contributed by atoms with E-state index in [2.05, 4.69) is 10.6 Å². The molecular weight excluding hydrogens is 414 g/mol. The molecule has 2 aromatic rings. The van der Waals surface area contributed by atoms with E-state index >= 15 is 0 Å². The molecule has 0 saturated carbocycles. The van der Waals surface area contributed by atoms with Gasteiger partial charge in [0.25, 0.3) is 5.91 Å². The first-order chi connectivity index (χ1) is 14.8. The molecule has 7 nitrogen and oxygen atoms in total. The summed E-state index contributed by atoms with van der Waals surface area (Å²) in [6.45, 7) is 1.47. The van der Waals surface area contributed by atoms with Gasteiger partial charge < -0.3 is 15.4 Å². The Morgan fingerprint density at radius 3 is 2.42 bits per heavy atom. The van der Waals surface area contributed by atoms with Gasteiger partial charge in [0.2, 0.25) is 10.0 Å². The number of ether oxygens (including phenoxy) is 1. The number of para-hydroxylation sites is 1. The molecule has 1 fully saturated rings. The van der Waals surface area contributed by atoms with E-state index in [1.54, 1.807) is 24.3 Å². The van der Waals surface area contributed by atoms with Crippen LogP contribution in [0, 0.1) is 0 Å². The van der Waals surface area contributed by atoms with Gasteiger partial charge >= 0.3 is 0 Å². The van der Waals surface area contributed by atoms with Gasteiger partial charge in [-0.15, -0.1) is 0 Å². The van der Waals surface area contributed by atoms with Gasteiger partial charge in [0.05, 0.1) is 12.7 Å². The molecule has 8 heteroatoms. The van der Waals surface area contributed by atoms with E-state index < -0.39 is 26.7 Å². The van der Waals surface area contributed by atoms with Crippen molar-refractivity contribution in [1.82, 2.24) is 14.9 Å². The summed E-state index contributed by atoms with van der Waals surface area (Å²) in [7, 11) is 0.648. The number of amides is 1. The molecule has 1 aliphatic rings. The van der Waals surface area contributed by atoms with Crippen molar-refractivity contribution in [3.63, 3.8) is 0 Å². The Balaban J connectivity index is 2.14. The normalized spacial score (nSPS) is 20.6. The monoisotopic (exact) mass is 445 g/mol. The molecule has 168 valence electrons. The number of carbonyl (C=O) groups is 1. The summed E-state index contributed by atoms with van der Waals surface area (Å²) in [5.74, 6) is -0.0716. The molecule has 1 heterocycles. The minimum absolute atomic E-state index is 0.305. The molecular formula is C23H31N3O4S. The largest absolute Gasteiger partial charge is 0.496 e. The van der Waals surface area contributed by atoms with Crippen molar-refractivity contribution in [3.05, 3.63) is 65.7 Å². The Bertz CT molecular complexity index is 985. The van der Waals surface area contributed by atoms with Gasteiger partial charge in [0.1, 0.15) is 5.75 Å². The number of sulfonamides is 1. The number of methoxy groups -OCH3 is 1. The highest BCUT2D eigenvalue weighted by Crippen LogP contribution is 2.40. The lowest BCUT2D eigenvalue weighted by Crippen LogP contribution is -2.58. The van der Waals surface area contributed by atoms with Gasteiger partial charge in [-0.2, -0.15) is 0 Å². The van der Waals surface area contributed by atoms with Crippen LogP contribution in [-0.4, -0.2) is 58.3 Å². The minimum atomic E-state index is -3.85. The highest BCUT2D eigenvalue weighted by atomic mass is 32.2. The second-order valence-electron chi connectivity index (χ2n) is 8.01. The third-order valence-electron chi connectivity index (χ3n) is 6.00. The summed E-state index contributed by atoms with van der Waals surface area (Å²) in [6, 6.07) is 16.5. The lowest BCUT2D eigenvalue weighted by atomic mass is 9.74. The molecule has 2 aromatic carbocycles. The lowest BCUT2D eigenvalue weighted by Gasteiger charge is -2.41. The van der Waals surface area contributed by atoms with E-state index in [9.17, 15) is 13.2 Å². The predicted molar refractivity (Wildman–Crippen MR) is 122 cm³/mol. The smallest absolute Gasteiger partial charge is 0.256 e. The van der Waals surface area contributed by atoms with E-state index in [1.165, 1.54) is 25.5 Å². The SMILES string of the molecule is COc1ccccc1C(=O)NC(C1(c2ccccc2)CCCNCC1)S(=O)(=O)N(C)C. The summed E-state index contributed by atoms with van der Waals surface area (Å²) < 4.78 is 33.7. The molecule has 2 atom stereocenters. The fourth-order valence-corrected chi connectivity index (χ4v) is 5.92. The maximum absolute atomic E-state index is 13.6. The van der Waals surface area contributed by atoms with Crippen LogP contribution in [0.3, 0.4) is 0 Å². The number of benzene rings is 2. The summed E-state index contributed by atoms with van der Waals surface area (Å²) in [5, 5.41) is 5.13. The Kier molecular flexibility index (Phi) is 7.35. The molecule has 3 rings (SSSR count). The van der Waals surface area contributed by atoms with Crippen LogP contribution in [-0.2, 0) is 15.4 Å². The van der Waals surface area contributed by atoms with E-state index in [1.807, 2.05) is 30.3 Å². The van der Waals surface area contributed by atoms with E-state index in [0.29, 0.717) is 30.7 Å². The average Bonchev–Trinajstić information content (AvgIpc) is 3.04. The maximum atomic E-state index is 13.6. The molecule has 0 radical (unpaired) electrons. The standard InChI is InChI=1S/C23H31N3O4S/c1-26(2)31(28,29)22(25-21(27)19-12-7-8-13-20(19)30-3)23(14-9-16-24-17-15-23)18-10-5-4-6-11-18/h4-8,10-13,22,24H,9,14-17H2,1-3H3,(H,25,27). The van der Waals surface area contributed by atoms with Gasteiger partial charge in [0, 0.05) is 19.5 Å². The summed E-state index contributed by atoms with van der Waals surface area (Å²) in [5.41, 5.74) is 0.444. The molecule has 0 bridgehead atoms. The fraction of sp³-hybridized carbons (Fsp3) is 0.435. The summed E-state index contributed by atoms with van der Waals surface area (Å²) in [6.07, 6.45) is 2.02. The summed E-state index contributed by atoms with van der Waals surface area (Å²) >= 11 is 0. The number of rotatable bonds is 7. The molecule has 1 saturated heterocycles. The van der Waals surface area contributed by atoms with E-state index in [-0.39, 0.29) is 0 Å². The Labute approximate surface area is 184 Å². The molecule has 0 aliphatic carbocycles. The minimum Gasteiger partial charge on any atom is -0.496 e. The first-order valence-electron chi connectivity index (χ1n) is 10.4. The maximum Gasteiger partial charge on any atom is 0.256 e. The molecule has 2 N–H and O–H groups in total. The Morgan fingerprint density at radius 1 is 1.06 bits per heavy atom. The topological polar surface area (TPSA) is 87.7 Å². The van der Waals surface area contributed by atoms with Crippen molar-refractivity contribution in [2.45, 2.75) is 30.1 Å². The van der Waals surface area contributed by atoms with Crippen LogP contribution in [0.15, 0.2) is 54.6 Å². The quantitative estimate of drug-likeness (QED) is 0.683. The van der Waals surface area contributed by atoms with Crippen molar-refractivity contribution in [2.24, 2.45) is 0 Å². The van der Waals surface area contributed by atoms with Gasteiger partial charge in [-0.1, -0.05) is 42.5 Å². The highest BCUT2D eigenvalue weighted by molar-refractivity contribution is 7.89. The Morgan fingerprint density at radius 2 is 1.74 bits per heavy atom. The van der Waals surface area contributed by atoms with Gasteiger partial charge in [-0.3, -0.25) is 4.79 Å². The van der Waals surface area contributed by atoms with Crippen molar-refractivity contribution < 1.29 is 17.9 Å². The number of nitrogens with one attached hydrogen (secondary N) is 2. The fourth-order valence-electron chi connectivity index (χ4n) is 4.30. The van der Waals surface area contributed by atoms with Gasteiger partial charge in [-0.25, -0.2) is 12.7 Å². The van der Waals surface area contributed by atoms with Crippen LogP contribution in [0.2, 0.25) is 0 Å². The third-order valence-corrected chi connectivity index (χ3v) is 8.18. The van der Waals surface area contributed by atoms with Crippen LogP contribution in [0.25, 0.3) is 0 Å². The van der Waals surface area contributed by atoms with Gasteiger partial charge in [0.15, 0.2) is 5.37 Å². The van der Waals surface area contributed by atoms with Crippen LogP contribution < -0.4 is 15.4 Å². The molecule has 31 heavy (non-hydrogen) atoms.